The van der Waals surface area contributed by atoms with Crippen LogP contribution in [0, 0.1) is 10.1 Å². The summed E-state index contributed by atoms with van der Waals surface area (Å²) in [6, 6.07) is 16.9. The van der Waals surface area contributed by atoms with Crippen molar-refractivity contribution in [3.63, 3.8) is 0 Å². The van der Waals surface area contributed by atoms with Crippen molar-refractivity contribution >= 4 is 33.7 Å². The number of carbonyl (C=O) groups is 1. The summed E-state index contributed by atoms with van der Waals surface area (Å²) in [4.78, 5) is 22.3. The zero-order valence-electron chi connectivity index (χ0n) is 14.0. The molecule has 0 saturated carbocycles. The lowest BCUT2D eigenvalue weighted by atomic mass is 10.1. The van der Waals surface area contributed by atoms with Gasteiger partial charge < -0.3 is 4.42 Å². The molecule has 0 unspecified atom stereocenters. The second-order valence-electron chi connectivity index (χ2n) is 5.61. The zero-order chi connectivity index (χ0) is 19.2. The zero-order valence-corrected chi connectivity index (χ0v) is 15.5. The summed E-state index contributed by atoms with van der Waals surface area (Å²) in [6.45, 7) is 0. The predicted octanol–water partition coefficient (Wildman–Crippen LogP) is 4.31. The van der Waals surface area contributed by atoms with Crippen LogP contribution in [0.2, 0.25) is 0 Å². The maximum absolute atomic E-state index is 11.9. The Kier molecular flexibility index (Phi) is 5.77. The van der Waals surface area contributed by atoms with Crippen molar-refractivity contribution in [3.05, 3.63) is 86.6 Å². The molecule has 1 N–H and O–H groups in total. The number of hydrogen-bond acceptors (Lipinski definition) is 5. The van der Waals surface area contributed by atoms with E-state index in [1.54, 1.807) is 24.3 Å². The van der Waals surface area contributed by atoms with Gasteiger partial charge in [0, 0.05) is 22.2 Å². The molecule has 136 valence electrons. The van der Waals surface area contributed by atoms with Crippen molar-refractivity contribution in [3.8, 4) is 11.3 Å². The molecule has 1 aromatic heterocycles. The summed E-state index contributed by atoms with van der Waals surface area (Å²) in [7, 11) is 0. The minimum absolute atomic E-state index is 0.0145. The average Bonchev–Trinajstić information content (AvgIpc) is 3.13. The van der Waals surface area contributed by atoms with Crippen LogP contribution >= 0.6 is 15.9 Å². The Balaban J connectivity index is 1.60. The SMILES string of the molecule is O=C(Cc1ccc(Br)cc1)NN=Cc1ccc(-c2cccc([N+](=O)[O-])c2)o1. The lowest BCUT2D eigenvalue weighted by Gasteiger charge is -2.00. The van der Waals surface area contributed by atoms with Crippen LogP contribution in [0.4, 0.5) is 5.69 Å². The number of hydrazone groups is 1. The Morgan fingerprint density at radius 2 is 1.96 bits per heavy atom. The molecule has 0 aliphatic rings. The highest BCUT2D eigenvalue weighted by Crippen LogP contribution is 2.25. The first-order valence-corrected chi connectivity index (χ1v) is 8.71. The van der Waals surface area contributed by atoms with E-state index >= 15 is 0 Å². The number of rotatable bonds is 6. The van der Waals surface area contributed by atoms with Crippen molar-refractivity contribution in [1.82, 2.24) is 5.43 Å². The number of non-ortho nitro benzene ring substituents is 1. The molecule has 1 heterocycles. The maximum atomic E-state index is 11.9. The molecule has 0 aliphatic heterocycles. The molecule has 0 fully saturated rings. The number of carbonyl (C=O) groups excluding carboxylic acids is 1. The summed E-state index contributed by atoms with van der Waals surface area (Å²) in [5, 5.41) is 14.7. The number of benzene rings is 2. The minimum Gasteiger partial charge on any atom is -0.455 e. The van der Waals surface area contributed by atoms with E-state index in [2.05, 4.69) is 26.5 Å². The highest BCUT2D eigenvalue weighted by Gasteiger charge is 2.10. The second kappa shape index (κ2) is 8.41. The molecule has 3 rings (SSSR count). The van der Waals surface area contributed by atoms with E-state index in [1.807, 2.05) is 24.3 Å². The molecule has 0 saturated heterocycles. The first-order valence-electron chi connectivity index (χ1n) is 7.92. The van der Waals surface area contributed by atoms with Gasteiger partial charge in [0.25, 0.3) is 5.69 Å². The molecule has 2 aromatic carbocycles. The van der Waals surface area contributed by atoms with Gasteiger partial charge in [-0.2, -0.15) is 5.10 Å². The summed E-state index contributed by atoms with van der Waals surface area (Å²) >= 11 is 3.34. The second-order valence-corrected chi connectivity index (χ2v) is 6.52. The summed E-state index contributed by atoms with van der Waals surface area (Å²) in [5.41, 5.74) is 3.88. The monoisotopic (exact) mass is 427 g/mol. The molecule has 27 heavy (non-hydrogen) atoms. The molecule has 0 aliphatic carbocycles. The van der Waals surface area contributed by atoms with Crippen molar-refractivity contribution in [2.75, 3.05) is 0 Å². The van der Waals surface area contributed by atoms with Crippen LogP contribution in [0.3, 0.4) is 0 Å². The van der Waals surface area contributed by atoms with Gasteiger partial charge in [-0.25, -0.2) is 5.43 Å². The fraction of sp³-hybridized carbons (Fsp3) is 0.0526. The van der Waals surface area contributed by atoms with E-state index in [0.717, 1.165) is 10.0 Å². The number of halogens is 1. The Labute approximate surface area is 163 Å². The van der Waals surface area contributed by atoms with Crippen LogP contribution in [0.15, 0.2) is 74.7 Å². The van der Waals surface area contributed by atoms with E-state index < -0.39 is 4.92 Å². The largest absolute Gasteiger partial charge is 0.455 e. The summed E-state index contributed by atoms with van der Waals surface area (Å²) in [5.74, 6) is 0.640. The Morgan fingerprint density at radius 1 is 1.19 bits per heavy atom. The molecule has 0 spiro atoms. The average molecular weight is 428 g/mol. The minimum atomic E-state index is -0.463. The van der Waals surface area contributed by atoms with Crippen molar-refractivity contribution in [2.45, 2.75) is 6.42 Å². The number of nitrogens with zero attached hydrogens (tertiary/aromatic N) is 2. The first kappa shape index (κ1) is 18.5. The molecule has 3 aromatic rings. The van der Waals surface area contributed by atoms with Crippen LogP contribution in [0.1, 0.15) is 11.3 Å². The fourth-order valence-electron chi connectivity index (χ4n) is 2.35. The summed E-state index contributed by atoms with van der Waals surface area (Å²) < 4.78 is 6.54. The molecule has 7 nitrogen and oxygen atoms in total. The third kappa shape index (κ3) is 5.11. The number of nitrogens with one attached hydrogen (secondary N) is 1. The van der Waals surface area contributed by atoms with Crippen LogP contribution in [0.25, 0.3) is 11.3 Å². The molecule has 0 atom stereocenters. The van der Waals surface area contributed by atoms with Gasteiger partial charge in [0.15, 0.2) is 0 Å². The Morgan fingerprint density at radius 3 is 2.70 bits per heavy atom. The number of nitro groups is 1. The van der Waals surface area contributed by atoms with Crippen LogP contribution in [-0.2, 0) is 11.2 Å². The molecule has 0 bridgehead atoms. The van der Waals surface area contributed by atoms with E-state index in [4.69, 9.17) is 4.42 Å². The highest BCUT2D eigenvalue weighted by atomic mass is 79.9. The highest BCUT2D eigenvalue weighted by molar-refractivity contribution is 9.10. The normalized spacial score (nSPS) is 10.9. The van der Waals surface area contributed by atoms with Gasteiger partial charge >= 0.3 is 0 Å². The van der Waals surface area contributed by atoms with Crippen LogP contribution in [-0.4, -0.2) is 17.0 Å². The van der Waals surface area contributed by atoms with E-state index in [1.165, 1.54) is 18.3 Å². The van der Waals surface area contributed by atoms with Gasteiger partial charge in [-0.3, -0.25) is 14.9 Å². The summed E-state index contributed by atoms with van der Waals surface area (Å²) in [6.07, 6.45) is 1.59. The number of nitro benzene ring substituents is 1. The molecular weight excluding hydrogens is 414 g/mol. The van der Waals surface area contributed by atoms with E-state index in [-0.39, 0.29) is 18.0 Å². The lowest BCUT2D eigenvalue weighted by Crippen LogP contribution is -2.19. The molecule has 1 amide bonds. The van der Waals surface area contributed by atoms with Gasteiger partial charge in [0.2, 0.25) is 5.91 Å². The maximum Gasteiger partial charge on any atom is 0.270 e. The molecule has 0 radical (unpaired) electrons. The van der Waals surface area contributed by atoms with Crippen LogP contribution in [0.5, 0.6) is 0 Å². The quantitative estimate of drug-likeness (QED) is 0.359. The number of furan rings is 1. The number of amides is 1. The van der Waals surface area contributed by atoms with Crippen molar-refractivity contribution < 1.29 is 14.1 Å². The fourth-order valence-corrected chi connectivity index (χ4v) is 2.61. The molecule has 8 heteroatoms. The molecular formula is C19H14BrN3O4. The smallest absolute Gasteiger partial charge is 0.270 e. The van der Waals surface area contributed by atoms with Crippen LogP contribution < -0.4 is 5.43 Å². The third-order valence-corrected chi connectivity index (χ3v) is 4.16. The Bertz CT molecular complexity index is 996. The topological polar surface area (TPSA) is 97.7 Å². The third-order valence-electron chi connectivity index (χ3n) is 3.63. The Hall–Kier alpha value is -3.26. The van der Waals surface area contributed by atoms with E-state index in [0.29, 0.717) is 17.1 Å². The lowest BCUT2D eigenvalue weighted by molar-refractivity contribution is -0.384. The van der Waals surface area contributed by atoms with Crippen molar-refractivity contribution in [2.24, 2.45) is 5.10 Å². The predicted molar refractivity (Wildman–Crippen MR) is 104 cm³/mol. The van der Waals surface area contributed by atoms with Gasteiger partial charge in [-0.05, 0) is 29.8 Å². The van der Waals surface area contributed by atoms with Gasteiger partial charge in [-0.15, -0.1) is 0 Å². The number of hydrogen-bond donors (Lipinski definition) is 1. The van der Waals surface area contributed by atoms with Gasteiger partial charge in [0.1, 0.15) is 11.5 Å². The van der Waals surface area contributed by atoms with Crippen molar-refractivity contribution in [1.29, 1.82) is 0 Å². The standard InChI is InChI=1S/C19H14BrN3O4/c20-15-6-4-13(5-7-15)10-19(24)22-21-12-17-8-9-18(27-17)14-2-1-3-16(11-14)23(25)26/h1-9,11-12H,10H2,(H,22,24). The first-order chi connectivity index (χ1) is 13.0. The van der Waals surface area contributed by atoms with Gasteiger partial charge in [0.05, 0.1) is 17.6 Å². The van der Waals surface area contributed by atoms with E-state index in [9.17, 15) is 14.9 Å². The van der Waals surface area contributed by atoms with Gasteiger partial charge in [-0.1, -0.05) is 40.2 Å².